The van der Waals surface area contributed by atoms with E-state index in [0.717, 1.165) is 12.1 Å². The van der Waals surface area contributed by atoms with E-state index >= 15 is 0 Å². The molecule has 34 heavy (non-hydrogen) atoms. The summed E-state index contributed by atoms with van der Waals surface area (Å²) in [5, 5.41) is -2.82. The summed E-state index contributed by atoms with van der Waals surface area (Å²) in [6, 6.07) is 4.20. The van der Waals surface area contributed by atoms with Crippen molar-refractivity contribution in [1.82, 2.24) is 0 Å². The molecule has 0 bridgehead atoms. The number of halogens is 13. The molecule has 0 saturated heterocycles. The first-order valence-electron chi connectivity index (χ1n) is 8.81. The number of hydrogen-bond donors (Lipinski definition) is 0. The molecule has 4 rings (SSSR count). The van der Waals surface area contributed by atoms with Gasteiger partial charge in [-0.25, -0.2) is 0 Å². The second kappa shape index (κ2) is 6.51. The van der Waals surface area contributed by atoms with Crippen LogP contribution in [0.5, 0.6) is 0 Å². The summed E-state index contributed by atoms with van der Waals surface area (Å²) in [4.78, 5) is 0. The van der Waals surface area contributed by atoms with Crippen molar-refractivity contribution in [3.8, 4) is 0 Å². The summed E-state index contributed by atoms with van der Waals surface area (Å²) in [7, 11) is 0. The van der Waals surface area contributed by atoms with Gasteiger partial charge in [-0.2, -0.15) is 0 Å². The summed E-state index contributed by atoms with van der Waals surface area (Å²) in [5.41, 5.74) is -14.4. The summed E-state index contributed by atoms with van der Waals surface area (Å²) in [6.45, 7) is 0. The molecule has 0 atom stereocenters. The van der Waals surface area contributed by atoms with E-state index in [1.54, 1.807) is 0 Å². The fourth-order valence-corrected chi connectivity index (χ4v) is 10.0. The quantitative estimate of drug-likeness (QED) is 0.263. The zero-order chi connectivity index (χ0) is 25.8. The van der Waals surface area contributed by atoms with E-state index in [4.69, 9.17) is 11.2 Å². The SMILES string of the molecule is FC(F)(F)C1(C(F)(F)F)OP2(Cl)(OC(C(F)(F)F)(C(F)(F)F)c3ccccc32)c2ccccc21. The molecular formula is C18H8ClF12O2P. The van der Waals surface area contributed by atoms with Gasteiger partial charge < -0.3 is 0 Å². The molecule has 0 radical (unpaired) electrons. The number of alkyl halides is 12. The predicted molar refractivity (Wildman–Crippen MR) is 94.7 cm³/mol. The van der Waals surface area contributed by atoms with Crippen molar-refractivity contribution < 1.29 is 61.7 Å². The van der Waals surface area contributed by atoms with Gasteiger partial charge in [0.05, 0.1) is 0 Å². The average molecular weight is 551 g/mol. The molecule has 16 heteroatoms. The van der Waals surface area contributed by atoms with E-state index in [1.807, 2.05) is 0 Å². The molecule has 0 N–H and O–H groups in total. The van der Waals surface area contributed by atoms with Crippen molar-refractivity contribution in [2.45, 2.75) is 35.9 Å². The minimum atomic E-state index is -6.95. The Morgan fingerprint density at radius 1 is 0.529 bits per heavy atom. The van der Waals surface area contributed by atoms with E-state index in [2.05, 4.69) is 9.05 Å². The molecular weight excluding hydrogens is 543 g/mol. The molecule has 1 spiro atoms. The fourth-order valence-electron chi connectivity index (χ4n) is 4.28. The molecule has 0 aliphatic carbocycles. The molecule has 2 aliphatic rings. The molecule has 2 heterocycles. The van der Waals surface area contributed by atoms with Crippen molar-refractivity contribution in [2.75, 3.05) is 0 Å². The number of fused-ring (bicyclic) bond motifs is 4. The van der Waals surface area contributed by atoms with Gasteiger partial charge in [-0.15, -0.1) is 0 Å². The van der Waals surface area contributed by atoms with Crippen LogP contribution in [0, 0.1) is 0 Å². The van der Waals surface area contributed by atoms with E-state index in [-0.39, 0.29) is 12.1 Å². The molecule has 0 saturated carbocycles. The average Bonchev–Trinajstić information content (AvgIpc) is 3.08. The van der Waals surface area contributed by atoms with Crippen LogP contribution in [0.25, 0.3) is 0 Å². The van der Waals surface area contributed by atoms with Gasteiger partial charge in [0.1, 0.15) is 0 Å². The van der Waals surface area contributed by atoms with Crippen LogP contribution in [0.1, 0.15) is 11.1 Å². The summed E-state index contributed by atoms with van der Waals surface area (Å²) >= 11 is 6.20. The van der Waals surface area contributed by atoms with Gasteiger partial charge in [-0.1, -0.05) is 0 Å². The first-order valence-corrected chi connectivity index (χ1v) is 11.8. The van der Waals surface area contributed by atoms with E-state index in [9.17, 15) is 52.7 Å². The van der Waals surface area contributed by atoms with Crippen LogP contribution in [-0.4, -0.2) is 24.7 Å². The van der Waals surface area contributed by atoms with Gasteiger partial charge in [-0.3, -0.25) is 0 Å². The summed E-state index contributed by atoms with van der Waals surface area (Å²) in [5.74, 6) is 0. The van der Waals surface area contributed by atoms with Crippen LogP contribution < -0.4 is 10.6 Å². The Hall–Kier alpha value is -1.76. The van der Waals surface area contributed by atoms with Gasteiger partial charge in [0.15, 0.2) is 0 Å². The molecule has 0 amide bonds. The second-order valence-electron chi connectivity index (χ2n) is 7.43. The maximum atomic E-state index is 14.1. The van der Waals surface area contributed by atoms with Crippen LogP contribution >= 0.6 is 17.7 Å². The second-order valence-corrected chi connectivity index (χ2v) is 12.3. The Morgan fingerprint density at radius 3 is 1.06 bits per heavy atom. The molecule has 188 valence electrons. The van der Waals surface area contributed by atoms with Crippen molar-refractivity contribution in [3.05, 3.63) is 59.7 Å². The monoisotopic (exact) mass is 550 g/mol. The van der Waals surface area contributed by atoms with Crippen molar-refractivity contribution in [2.24, 2.45) is 0 Å². The van der Waals surface area contributed by atoms with Gasteiger partial charge in [0.25, 0.3) is 0 Å². The minimum absolute atomic E-state index is 0.216. The molecule has 2 aromatic carbocycles. The Labute approximate surface area is 186 Å². The van der Waals surface area contributed by atoms with Crippen molar-refractivity contribution in [1.29, 1.82) is 0 Å². The molecule has 0 aromatic heterocycles. The van der Waals surface area contributed by atoms with Crippen LogP contribution in [0.3, 0.4) is 0 Å². The van der Waals surface area contributed by atoms with Crippen LogP contribution in [-0.2, 0) is 20.2 Å². The van der Waals surface area contributed by atoms with Gasteiger partial charge in [0.2, 0.25) is 0 Å². The molecule has 2 aliphatic heterocycles. The third kappa shape index (κ3) is 2.68. The Balaban J connectivity index is 2.22. The summed E-state index contributed by atoms with van der Waals surface area (Å²) < 4.78 is 177. The molecule has 0 unspecified atom stereocenters. The standard InChI is InChI=1S/C18H8ClF12O2P/c19-34(11-7-3-1-5-9(11)13(32-34,15(20,21)22)16(23,24)25)12-8-4-2-6-10(12)14(33-34,17(26,27)28)18(29,30)31/h1-8H. The zero-order valence-corrected chi connectivity index (χ0v) is 17.4. The Bertz CT molecular complexity index is 1050. The van der Waals surface area contributed by atoms with Crippen molar-refractivity contribution >= 4 is 28.3 Å². The zero-order valence-electron chi connectivity index (χ0n) is 15.8. The maximum absolute atomic E-state index is 14.1. The van der Waals surface area contributed by atoms with Crippen LogP contribution in [0.15, 0.2) is 48.5 Å². The summed E-state index contributed by atoms with van der Waals surface area (Å²) in [6.07, 6.45) is -32.6. The molecule has 2 nitrogen and oxygen atoms in total. The van der Waals surface area contributed by atoms with E-state index in [0.29, 0.717) is 24.3 Å². The predicted octanol–water partition coefficient (Wildman–Crippen LogP) is 6.87. The first kappa shape index (κ1) is 25.3. The number of hydrogen-bond acceptors (Lipinski definition) is 2. The van der Waals surface area contributed by atoms with Crippen LogP contribution in [0.4, 0.5) is 52.7 Å². The number of rotatable bonds is 0. The Kier molecular flexibility index (Phi) is 4.85. The van der Waals surface area contributed by atoms with Gasteiger partial charge in [0, 0.05) is 0 Å². The third-order valence-electron chi connectivity index (χ3n) is 5.58. The van der Waals surface area contributed by atoms with Gasteiger partial charge in [-0.05, 0) is 0 Å². The fraction of sp³-hybridized carbons (Fsp3) is 0.333. The molecule has 2 aromatic rings. The van der Waals surface area contributed by atoms with E-state index < -0.39 is 64.1 Å². The van der Waals surface area contributed by atoms with Crippen LogP contribution in [0.2, 0.25) is 0 Å². The topological polar surface area (TPSA) is 18.5 Å². The Morgan fingerprint density at radius 2 is 0.794 bits per heavy atom. The van der Waals surface area contributed by atoms with Gasteiger partial charge >= 0.3 is 186 Å². The normalized spacial score (nSPS) is 23.7. The third-order valence-corrected chi connectivity index (χ3v) is 10.7. The van der Waals surface area contributed by atoms with Crippen molar-refractivity contribution in [3.63, 3.8) is 0 Å². The first-order chi connectivity index (χ1) is 15.2. The van der Waals surface area contributed by atoms with E-state index in [1.165, 1.54) is 0 Å². The number of benzene rings is 2. The molecule has 0 fully saturated rings.